The summed E-state index contributed by atoms with van der Waals surface area (Å²) in [5.41, 5.74) is 5.43. The molecule has 2 amide bonds. The number of hydrogen-bond acceptors (Lipinski definition) is 4. The molecule has 0 heterocycles. The predicted octanol–water partition coefficient (Wildman–Crippen LogP) is 2.56. The number of carbonyl (C=O) groups is 3. The van der Waals surface area contributed by atoms with E-state index >= 15 is 0 Å². The van der Waals surface area contributed by atoms with Gasteiger partial charge in [-0.2, -0.15) is 0 Å². The molecule has 0 aromatic heterocycles. The summed E-state index contributed by atoms with van der Waals surface area (Å²) in [7, 11) is 0. The summed E-state index contributed by atoms with van der Waals surface area (Å²) in [5, 5.41) is 8.85. The molecule has 1 aromatic rings. The van der Waals surface area contributed by atoms with E-state index in [0.717, 1.165) is 5.56 Å². The first-order chi connectivity index (χ1) is 11.1. The van der Waals surface area contributed by atoms with E-state index in [0.29, 0.717) is 0 Å². The molecule has 1 atom stereocenters. The van der Waals surface area contributed by atoms with Crippen LogP contribution in [0.4, 0.5) is 4.79 Å². The molecule has 25 heavy (non-hydrogen) atoms. The van der Waals surface area contributed by atoms with Crippen LogP contribution >= 0.6 is 12.4 Å². The lowest BCUT2D eigenvalue weighted by atomic mass is 10.1. The van der Waals surface area contributed by atoms with E-state index in [1.807, 2.05) is 6.07 Å². The van der Waals surface area contributed by atoms with Crippen LogP contribution in [0.3, 0.4) is 0 Å². The summed E-state index contributed by atoms with van der Waals surface area (Å²) in [4.78, 5) is 36.3. The molecule has 0 aliphatic rings. The normalized spacial score (nSPS) is 11.8. The summed E-state index contributed by atoms with van der Waals surface area (Å²) in [6.07, 6.45) is -1.06. The smallest absolute Gasteiger partial charge is 0.411 e. The maximum atomic E-state index is 12.5. The van der Waals surface area contributed by atoms with Gasteiger partial charge in [0.15, 0.2) is 0 Å². The summed E-state index contributed by atoms with van der Waals surface area (Å²) in [5.74, 6) is -1.83. The fourth-order valence-corrected chi connectivity index (χ4v) is 2.11. The number of rotatable bonds is 7. The maximum Gasteiger partial charge on any atom is 0.411 e. The second-order valence-electron chi connectivity index (χ2n) is 6.44. The van der Waals surface area contributed by atoms with Crippen molar-refractivity contribution < 1.29 is 24.2 Å². The molecule has 0 bridgehead atoms. The van der Waals surface area contributed by atoms with E-state index in [4.69, 9.17) is 15.6 Å². The van der Waals surface area contributed by atoms with Crippen LogP contribution in [-0.2, 0) is 20.9 Å². The standard InChI is InChI=1S/C17H24N2O5.ClH/c1-17(2,3)24-16(23)19(11-12-7-5-4-6-8-12)13(15(18)22)9-10-14(20)21;/h4-8,13H,9-11H2,1-3H3,(H2,18,22)(H,20,21);1H/t13-;/m1./s1. The molecule has 8 heteroatoms. The Balaban J connectivity index is 0.00000576. The van der Waals surface area contributed by atoms with Gasteiger partial charge in [-0.1, -0.05) is 30.3 Å². The van der Waals surface area contributed by atoms with Crippen molar-refractivity contribution in [1.82, 2.24) is 4.90 Å². The number of carboxylic acids is 1. The largest absolute Gasteiger partial charge is 0.481 e. The molecule has 0 spiro atoms. The highest BCUT2D eigenvalue weighted by atomic mass is 35.5. The van der Waals surface area contributed by atoms with Gasteiger partial charge in [-0.15, -0.1) is 12.4 Å². The molecule has 7 nitrogen and oxygen atoms in total. The van der Waals surface area contributed by atoms with Crippen molar-refractivity contribution in [2.45, 2.75) is 51.8 Å². The average molecular weight is 373 g/mol. The second-order valence-corrected chi connectivity index (χ2v) is 6.44. The molecule has 0 saturated carbocycles. The molecule has 0 aliphatic heterocycles. The number of primary amides is 1. The van der Waals surface area contributed by atoms with Gasteiger partial charge in [-0.25, -0.2) is 4.79 Å². The number of amides is 2. The minimum absolute atomic E-state index is 0. The van der Waals surface area contributed by atoms with Gasteiger partial charge in [0.05, 0.1) is 0 Å². The van der Waals surface area contributed by atoms with E-state index in [1.54, 1.807) is 45.0 Å². The number of carboxylic acid groups (broad SMARTS) is 1. The lowest BCUT2D eigenvalue weighted by Gasteiger charge is -2.32. The lowest BCUT2D eigenvalue weighted by molar-refractivity contribution is -0.137. The molecular weight excluding hydrogens is 348 g/mol. The van der Waals surface area contributed by atoms with Crippen LogP contribution < -0.4 is 5.73 Å². The fourth-order valence-electron chi connectivity index (χ4n) is 2.11. The van der Waals surface area contributed by atoms with Crippen molar-refractivity contribution >= 4 is 30.4 Å². The van der Waals surface area contributed by atoms with E-state index in [1.165, 1.54) is 4.90 Å². The van der Waals surface area contributed by atoms with Crippen LogP contribution in [0.25, 0.3) is 0 Å². The van der Waals surface area contributed by atoms with Crippen LogP contribution in [0.2, 0.25) is 0 Å². The monoisotopic (exact) mass is 372 g/mol. The Labute approximate surface area is 153 Å². The molecule has 0 radical (unpaired) electrons. The Kier molecular flexibility index (Phi) is 8.98. The highest BCUT2D eigenvalue weighted by Crippen LogP contribution is 2.18. The zero-order valence-electron chi connectivity index (χ0n) is 14.6. The first-order valence-corrected chi connectivity index (χ1v) is 7.65. The van der Waals surface area contributed by atoms with E-state index in [2.05, 4.69) is 0 Å². The van der Waals surface area contributed by atoms with Crippen molar-refractivity contribution in [2.75, 3.05) is 0 Å². The summed E-state index contributed by atoms with van der Waals surface area (Å²) < 4.78 is 5.34. The van der Waals surface area contributed by atoms with Crippen molar-refractivity contribution in [1.29, 1.82) is 0 Å². The summed E-state index contributed by atoms with van der Waals surface area (Å²) >= 11 is 0. The third-order valence-corrected chi connectivity index (χ3v) is 3.16. The van der Waals surface area contributed by atoms with Crippen LogP contribution in [0, 0.1) is 0 Å². The number of nitrogens with two attached hydrogens (primary N) is 1. The molecular formula is C17H25ClN2O5. The zero-order chi connectivity index (χ0) is 18.3. The topological polar surface area (TPSA) is 110 Å². The molecule has 140 valence electrons. The van der Waals surface area contributed by atoms with E-state index in [9.17, 15) is 14.4 Å². The quantitative estimate of drug-likeness (QED) is 0.764. The number of nitrogens with zero attached hydrogens (tertiary/aromatic N) is 1. The molecule has 0 aliphatic carbocycles. The number of hydrogen-bond donors (Lipinski definition) is 2. The lowest BCUT2D eigenvalue weighted by Crippen LogP contribution is -2.49. The van der Waals surface area contributed by atoms with E-state index < -0.39 is 29.6 Å². The fraction of sp³-hybridized carbons (Fsp3) is 0.471. The Morgan fingerprint density at radius 3 is 2.20 bits per heavy atom. The van der Waals surface area contributed by atoms with Gasteiger partial charge in [0.1, 0.15) is 11.6 Å². The maximum absolute atomic E-state index is 12.5. The number of halogens is 1. The molecule has 0 fully saturated rings. The predicted molar refractivity (Wildman–Crippen MR) is 95.3 cm³/mol. The second kappa shape index (κ2) is 9.88. The van der Waals surface area contributed by atoms with Gasteiger partial charge in [-0.05, 0) is 32.8 Å². The van der Waals surface area contributed by atoms with Crippen molar-refractivity contribution in [3.8, 4) is 0 Å². The third kappa shape index (κ3) is 8.39. The van der Waals surface area contributed by atoms with Gasteiger partial charge < -0.3 is 15.6 Å². The minimum atomic E-state index is -1.06. The van der Waals surface area contributed by atoms with Gasteiger partial charge in [0, 0.05) is 13.0 Å². The van der Waals surface area contributed by atoms with Crippen molar-refractivity contribution in [3.63, 3.8) is 0 Å². The Morgan fingerprint density at radius 2 is 1.76 bits per heavy atom. The minimum Gasteiger partial charge on any atom is -0.481 e. The average Bonchev–Trinajstić information content (AvgIpc) is 2.44. The van der Waals surface area contributed by atoms with Crippen molar-refractivity contribution in [3.05, 3.63) is 35.9 Å². The highest BCUT2D eigenvalue weighted by molar-refractivity contribution is 5.85. The van der Waals surface area contributed by atoms with Gasteiger partial charge in [0.25, 0.3) is 0 Å². The van der Waals surface area contributed by atoms with Gasteiger partial charge in [0.2, 0.25) is 5.91 Å². The van der Waals surface area contributed by atoms with E-state index in [-0.39, 0.29) is 31.8 Å². The zero-order valence-corrected chi connectivity index (χ0v) is 15.4. The Bertz CT molecular complexity index is 586. The van der Waals surface area contributed by atoms with Crippen LogP contribution in [0.15, 0.2) is 30.3 Å². The first kappa shape index (κ1) is 22.7. The van der Waals surface area contributed by atoms with Gasteiger partial charge >= 0.3 is 12.1 Å². The number of benzene rings is 1. The number of ether oxygens (including phenoxy) is 1. The van der Waals surface area contributed by atoms with Crippen LogP contribution in [-0.4, -0.2) is 39.6 Å². The molecule has 1 aromatic carbocycles. The van der Waals surface area contributed by atoms with Crippen LogP contribution in [0.5, 0.6) is 0 Å². The Morgan fingerprint density at radius 1 is 1.20 bits per heavy atom. The molecule has 1 rings (SSSR count). The molecule has 3 N–H and O–H groups in total. The number of carbonyl (C=O) groups excluding carboxylic acids is 2. The number of aliphatic carboxylic acids is 1. The SMILES string of the molecule is CC(C)(C)OC(=O)N(Cc1ccccc1)[C@H](CCC(=O)O)C(N)=O.Cl. The molecule has 0 saturated heterocycles. The summed E-state index contributed by atoms with van der Waals surface area (Å²) in [6.45, 7) is 5.23. The highest BCUT2D eigenvalue weighted by Gasteiger charge is 2.32. The first-order valence-electron chi connectivity index (χ1n) is 7.65. The van der Waals surface area contributed by atoms with Gasteiger partial charge in [-0.3, -0.25) is 14.5 Å². The summed E-state index contributed by atoms with van der Waals surface area (Å²) in [6, 6.07) is 7.98. The molecule has 0 unspecified atom stereocenters. The third-order valence-electron chi connectivity index (χ3n) is 3.16. The Hall–Kier alpha value is -2.28. The van der Waals surface area contributed by atoms with Crippen molar-refractivity contribution in [2.24, 2.45) is 5.73 Å². The van der Waals surface area contributed by atoms with Crippen LogP contribution in [0.1, 0.15) is 39.2 Å².